The molecule has 1 atom stereocenters. The Morgan fingerprint density at radius 1 is 1.09 bits per heavy atom. The molecule has 0 radical (unpaired) electrons. The number of carbonyl (C=O) groups is 2. The summed E-state index contributed by atoms with van der Waals surface area (Å²) in [5, 5.41) is 0. The van der Waals surface area contributed by atoms with Crippen LogP contribution in [-0.4, -0.2) is 91.5 Å². The number of piperazine rings is 1. The van der Waals surface area contributed by atoms with Crippen LogP contribution in [0.5, 0.6) is 0 Å². The molecule has 0 unspecified atom stereocenters. The first-order valence-corrected chi connectivity index (χ1v) is 12.0. The molecule has 1 aromatic carbocycles. The highest BCUT2D eigenvalue weighted by Gasteiger charge is 2.43. The highest BCUT2D eigenvalue weighted by atomic mass is 32.2. The number of nitrogens with two attached hydrogens (primary N) is 1. The van der Waals surface area contributed by atoms with Crippen LogP contribution in [0.3, 0.4) is 0 Å². The van der Waals surface area contributed by atoms with E-state index >= 15 is 0 Å². The number of morpholine rings is 1. The maximum atomic E-state index is 13.5. The van der Waals surface area contributed by atoms with Crippen molar-refractivity contribution in [1.29, 1.82) is 0 Å². The fraction of sp³-hybridized carbons (Fsp3) is 0.381. The van der Waals surface area contributed by atoms with Crippen LogP contribution in [0.4, 0.5) is 9.18 Å². The number of aromatic nitrogens is 1. The van der Waals surface area contributed by atoms with Crippen molar-refractivity contribution >= 4 is 22.0 Å². The van der Waals surface area contributed by atoms with Gasteiger partial charge < -0.3 is 19.4 Å². The van der Waals surface area contributed by atoms with Gasteiger partial charge in [0.25, 0.3) is 0 Å². The van der Waals surface area contributed by atoms with Gasteiger partial charge in [0.15, 0.2) is 0 Å². The zero-order valence-electron chi connectivity index (χ0n) is 18.2. The topological polar surface area (TPSA) is 135 Å². The van der Waals surface area contributed by atoms with Crippen LogP contribution < -0.4 is 5.90 Å². The maximum absolute atomic E-state index is 13.5. The number of sulfonamides is 1. The van der Waals surface area contributed by atoms with Gasteiger partial charge in [-0.15, -0.1) is 0 Å². The summed E-state index contributed by atoms with van der Waals surface area (Å²) in [5.41, 5.74) is 0.876. The SMILES string of the molecule is NOC(=O)[C@H]1CN(C(=O)N2CCOCC2)CCN1S(=O)(=O)c1ccc(-c2cccc(F)c2)nc1. The van der Waals surface area contributed by atoms with Crippen molar-refractivity contribution in [2.45, 2.75) is 10.9 Å². The number of carbonyl (C=O) groups excluding carboxylic acids is 2. The predicted octanol–water partition coefficient (Wildman–Crippen LogP) is 0.432. The van der Waals surface area contributed by atoms with Crippen LogP contribution in [0.1, 0.15) is 0 Å². The molecular weight excluding hydrogens is 469 g/mol. The lowest BCUT2D eigenvalue weighted by molar-refractivity contribution is -0.150. The number of hydrogen-bond acceptors (Lipinski definition) is 8. The number of hydrogen-bond donors (Lipinski definition) is 1. The van der Waals surface area contributed by atoms with E-state index in [1.807, 2.05) is 0 Å². The second kappa shape index (κ2) is 10.0. The van der Waals surface area contributed by atoms with E-state index in [0.717, 1.165) is 10.5 Å². The molecule has 1 aromatic heterocycles. The van der Waals surface area contributed by atoms with Gasteiger partial charge in [0, 0.05) is 44.5 Å². The van der Waals surface area contributed by atoms with Crippen molar-refractivity contribution in [2.24, 2.45) is 5.90 Å². The minimum Gasteiger partial charge on any atom is -0.378 e. The Kier molecular flexibility index (Phi) is 7.07. The van der Waals surface area contributed by atoms with Gasteiger partial charge >= 0.3 is 12.0 Å². The van der Waals surface area contributed by atoms with Crippen molar-refractivity contribution in [3.05, 3.63) is 48.4 Å². The fourth-order valence-corrected chi connectivity index (χ4v) is 5.45. The Bertz CT molecular complexity index is 1160. The molecule has 2 fully saturated rings. The predicted molar refractivity (Wildman–Crippen MR) is 117 cm³/mol. The van der Waals surface area contributed by atoms with Gasteiger partial charge in [-0.25, -0.2) is 22.4 Å². The third-order valence-electron chi connectivity index (χ3n) is 5.73. The molecule has 0 saturated carbocycles. The molecule has 0 spiro atoms. The van der Waals surface area contributed by atoms with Crippen LogP contribution >= 0.6 is 0 Å². The Hall–Kier alpha value is -3.13. The third kappa shape index (κ3) is 4.87. The number of rotatable bonds is 4. The molecule has 2 N–H and O–H groups in total. The zero-order valence-corrected chi connectivity index (χ0v) is 19.0. The van der Waals surface area contributed by atoms with Crippen molar-refractivity contribution in [2.75, 3.05) is 45.9 Å². The molecule has 3 heterocycles. The van der Waals surface area contributed by atoms with E-state index in [2.05, 4.69) is 9.82 Å². The molecule has 182 valence electrons. The normalized spacial score (nSPS) is 19.6. The Balaban J connectivity index is 1.55. The average Bonchev–Trinajstić information content (AvgIpc) is 2.88. The Labute approximate surface area is 195 Å². The average molecular weight is 494 g/mol. The third-order valence-corrected chi connectivity index (χ3v) is 7.63. The van der Waals surface area contributed by atoms with E-state index in [1.54, 1.807) is 11.0 Å². The molecule has 2 amide bonds. The summed E-state index contributed by atoms with van der Waals surface area (Å²) in [5.74, 6) is 3.64. The molecule has 13 heteroatoms. The maximum Gasteiger partial charge on any atom is 0.344 e. The molecule has 34 heavy (non-hydrogen) atoms. The molecule has 2 aliphatic heterocycles. The minimum absolute atomic E-state index is 0.0819. The number of ether oxygens (including phenoxy) is 1. The van der Waals surface area contributed by atoms with E-state index in [9.17, 15) is 22.4 Å². The standard InChI is InChI=1S/C21H24FN5O6S/c22-16-3-1-2-15(12-16)18-5-4-17(13-24-18)34(30,31)27-7-6-26(14-19(27)20(28)33-23)21(29)25-8-10-32-11-9-25/h1-5,12-13,19H,6-11,14,23H2/t19-/m1/s1. The first-order valence-electron chi connectivity index (χ1n) is 10.6. The van der Waals surface area contributed by atoms with Gasteiger partial charge in [-0.2, -0.15) is 10.2 Å². The van der Waals surface area contributed by atoms with Crippen molar-refractivity contribution in [1.82, 2.24) is 19.1 Å². The number of nitrogens with zero attached hydrogens (tertiary/aromatic N) is 4. The summed E-state index contributed by atoms with van der Waals surface area (Å²) in [6, 6.07) is 6.91. The van der Waals surface area contributed by atoms with Gasteiger partial charge in [0.2, 0.25) is 10.0 Å². The number of amides is 2. The smallest absolute Gasteiger partial charge is 0.344 e. The highest BCUT2D eigenvalue weighted by molar-refractivity contribution is 7.89. The van der Waals surface area contributed by atoms with Crippen LogP contribution in [0.25, 0.3) is 11.3 Å². The van der Waals surface area contributed by atoms with E-state index in [1.165, 1.54) is 35.2 Å². The molecule has 11 nitrogen and oxygen atoms in total. The van der Waals surface area contributed by atoms with Crippen LogP contribution in [0.15, 0.2) is 47.5 Å². The first-order chi connectivity index (χ1) is 16.3. The second-order valence-electron chi connectivity index (χ2n) is 7.79. The summed E-state index contributed by atoms with van der Waals surface area (Å²) in [7, 11) is -4.18. The summed E-state index contributed by atoms with van der Waals surface area (Å²) in [6.07, 6.45) is 1.14. The lowest BCUT2D eigenvalue weighted by atomic mass is 10.1. The van der Waals surface area contributed by atoms with Crippen LogP contribution in [0, 0.1) is 5.82 Å². The van der Waals surface area contributed by atoms with E-state index in [4.69, 9.17) is 10.6 Å². The number of urea groups is 1. The summed E-state index contributed by atoms with van der Waals surface area (Å²) in [6.45, 7) is 1.38. The lowest BCUT2D eigenvalue weighted by Gasteiger charge is -2.41. The van der Waals surface area contributed by atoms with Gasteiger partial charge in [0.05, 0.1) is 18.9 Å². The van der Waals surface area contributed by atoms with Crippen LogP contribution in [-0.2, 0) is 24.4 Å². The van der Waals surface area contributed by atoms with Gasteiger partial charge in [-0.05, 0) is 24.3 Å². The Morgan fingerprint density at radius 3 is 2.50 bits per heavy atom. The fourth-order valence-electron chi connectivity index (χ4n) is 3.94. The Morgan fingerprint density at radius 2 is 1.85 bits per heavy atom. The first kappa shape index (κ1) is 24.0. The monoisotopic (exact) mass is 493 g/mol. The largest absolute Gasteiger partial charge is 0.378 e. The molecule has 0 bridgehead atoms. The number of benzene rings is 1. The lowest BCUT2D eigenvalue weighted by Crippen LogP contribution is -2.62. The molecule has 0 aliphatic carbocycles. The minimum atomic E-state index is -4.18. The quantitative estimate of drug-likeness (QED) is 0.606. The number of halogens is 1. The van der Waals surface area contributed by atoms with Crippen molar-refractivity contribution in [3.63, 3.8) is 0 Å². The highest BCUT2D eigenvalue weighted by Crippen LogP contribution is 2.25. The van der Waals surface area contributed by atoms with Crippen molar-refractivity contribution in [3.8, 4) is 11.3 Å². The molecule has 2 aliphatic rings. The molecule has 2 saturated heterocycles. The summed E-state index contributed by atoms with van der Waals surface area (Å²) < 4.78 is 46.4. The van der Waals surface area contributed by atoms with Crippen molar-refractivity contribution < 1.29 is 32.0 Å². The zero-order chi connectivity index (χ0) is 24.3. The van der Waals surface area contributed by atoms with Crippen LogP contribution in [0.2, 0.25) is 0 Å². The van der Waals surface area contributed by atoms with Gasteiger partial charge in [0.1, 0.15) is 16.8 Å². The second-order valence-corrected chi connectivity index (χ2v) is 9.68. The van der Waals surface area contributed by atoms with E-state index in [0.29, 0.717) is 37.6 Å². The molecule has 2 aromatic rings. The molecule has 4 rings (SSSR count). The number of pyridine rings is 1. The van der Waals surface area contributed by atoms with Gasteiger partial charge in [-0.1, -0.05) is 12.1 Å². The summed E-state index contributed by atoms with van der Waals surface area (Å²) in [4.78, 5) is 36.6. The summed E-state index contributed by atoms with van der Waals surface area (Å²) >= 11 is 0. The van der Waals surface area contributed by atoms with Gasteiger partial charge in [-0.3, -0.25) is 4.98 Å². The molecular formula is C21H24FN5O6S. The van der Waals surface area contributed by atoms with E-state index < -0.39 is 27.9 Å². The van der Waals surface area contributed by atoms with E-state index in [-0.39, 0.29) is 30.6 Å².